The quantitative estimate of drug-likeness (QED) is 0.853. The maximum atomic E-state index is 11.7. The van der Waals surface area contributed by atoms with Gasteiger partial charge in [-0.2, -0.15) is 5.10 Å². The number of aromatic nitrogens is 2. The summed E-state index contributed by atoms with van der Waals surface area (Å²) in [6, 6.07) is 5.78. The molecule has 0 saturated heterocycles. The highest BCUT2D eigenvalue weighted by Gasteiger charge is 2.12. The van der Waals surface area contributed by atoms with Gasteiger partial charge in [-0.05, 0) is 17.9 Å². The molecule has 0 atom stereocenters. The summed E-state index contributed by atoms with van der Waals surface area (Å²) in [5, 5.41) is 18.3. The van der Waals surface area contributed by atoms with E-state index in [1.165, 1.54) is 0 Å². The van der Waals surface area contributed by atoms with E-state index in [4.69, 9.17) is 5.11 Å². The van der Waals surface area contributed by atoms with Gasteiger partial charge in [0.25, 0.3) is 0 Å². The Hall–Kier alpha value is -1.66. The predicted molar refractivity (Wildman–Crippen MR) is 76.2 cm³/mol. The molecule has 6 heteroatoms. The highest BCUT2D eigenvalue weighted by molar-refractivity contribution is 7.13. The van der Waals surface area contributed by atoms with Crippen molar-refractivity contribution in [2.45, 2.75) is 26.3 Å². The SMILES string of the molecule is CCCC(=O)Nc1cc(-c2cccs2)nn1CCO. The molecule has 0 bridgehead atoms. The number of hydrogen-bond donors (Lipinski definition) is 2. The Balaban J connectivity index is 2.23. The first kappa shape index (κ1) is 13.8. The summed E-state index contributed by atoms with van der Waals surface area (Å²) in [4.78, 5) is 12.7. The zero-order valence-electron chi connectivity index (χ0n) is 10.8. The minimum absolute atomic E-state index is 0.0117. The van der Waals surface area contributed by atoms with E-state index in [-0.39, 0.29) is 12.5 Å². The van der Waals surface area contributed by atoms with Crippen molar-refractivity contribution in [3.8, 4) is 10.6 Å². The van der Waals surface area contributed by atoms with Crippen molar-refractivity contribution in [3.63, 3.8) is 0 Å². The second kappa shape index (κ2) is 6.49. The molecule has 0 radical (unpaired) electrons. The first-order chi connectivity index (χ1) is 9.24. The van der Waals surface area contributed by atoms with Crippen LogP contribution in [0, 0.1) is 0 Å². The molecular formula is C13H17N3O2S. The van der Waals surface area contributed by atoms with Gasteiger partial charge in [-0.15, -0.1) is 11.3 Å². The van der Waals surface area contributed by atoms with Gasteiger partial charge in [-0.3, -0.25) is 4.79 Å². The van der Waals surface area contributed by atoms with Crippen LogP contribution in [0.4, 0.5) is 5.82 Å². The van der Waals surface area contributed by atoms with Crippen LogP contribution < -0.4 is 5.32 Å². The van der Waals surface area contributed by atoms with E-state index in [1.807, 2.05) is 30.5 Å². The highest BCUT2D eigenvalue weighted by Crippen LogP contribution is 2.26. The van der Waals surface area contributed by atoms with Crippen LogP contribution in [0.1, 0.15) is 19.8 Å². The lowest BCUT2D eigenvalue weighted by Crippen LogP contribution is -2.16. The minimum atomic E-state index is -0.0284. The number of amides is 1. The Morgan fingerprint density at radius 3 is 3.05 bits per heavy atom. The summed E-state index contributed by atoms with van der Waals surface area (Å²) in [7, 11) is 0. The van der Waals surface area contributed by atoms with Crippen LogP contribution in [-0.2, 0) is 11.3 Å². The fourth-order valence-electron chi connectivity index (χ4n) is 1.76. The molecule has 0 aromatic carbocycles. The number of hydrogen-bond acceptors (Lipinski definition) is 4. The third-order valence-electron chi connectivity index (χ3n) is 2.61. The average Bonchev–Trinajstić information content (AvgIpc) is 3.00. The molecule has 0 spiro atoms. The van der Waals surface area contributed by atoms with Gasteiger partial charge in [0.15, 0.2) is 0 Å². The van der Waals surface area contributed by atoms with Crippen LogP contribution >= 0.6 is 11.3 Å². The van der Waals surface area contributed by atoms with Gasteiger partial charge in [0.2, 0.25) is 5.91 Å². The van der Waals surface area contributed by atoms with Crippen LogP contribution in [0.25, 0.3) is 10.6 Å². The average molecular weight is 279 g/mol. The molecule has 0 unspecified atom stereocenters. The summed E-state index contributed by atoms with van der Waals surface area (Å²) in [5.74, 6) is 0.607. The van der Waals surface area contributed by atoms with Crippen LogP contribution in [0.5, 0.6) is 0 Å². The van der Waals surface area contributed by atoms with Gasteiger partial charge in [-0.1, -0.05) is 13.0 Å². The Labute approximate surface area is 115 Å². The topological polar surface area (TPSA) is 67.2 Å². The lowest BCUT2D eigenvalue weighted by atomic mass is 10.3. The van der Waals surface area contributed by atoms with E-state index in [9.17, 15) is 4.79 Å². The second-order valence-electron chi connectivity index (χ2n) is 4.14. The smallest absolute Gasteiger partial charge is 0.225 e. The highest BCUT2D eigenvalue weighted by atomic mass is 32.1. The van der Waals surface area contributed by atoms with E-state index in [1.54, 1.807) is 16.0 Å². The van der Waals surface area contributed by atoms with E-state index in [0.29, 0.717) is 18.8 Å². The van der Waals surface area contributed by atoms with Gasteiger partial charge in [0.05, 0.1) is 18.0 Å². The molecule has 0 aliphatic heterocycles. The zero-order valence-corrected chi connectivity index (χ0v) is 11.6. The van der Waals surface area contributed by atoms with Crippen molar-refractivity contribution in [1.29, 1.82) is 0 Å². The van der Waals surface area contributed by atoms with Gasteiger partial charge in [0, 0.05) is 12.5 Å². The van der Waals surface area contributed by atoms with E-state index < -0.39 is 0 Å². The molecule has 2 aromatic rings. The molecule has 0 aliphatic rings. The summed E-state index contributed by atoms with van der Waals surface area (Å²) in [5.41, 5.74) is 0.815. The van der Waals surface area contributed by atoms with Crippen LogP contribution in [0.3, 0.4) is 0 Å². The van der Waals surface area contributed by atoms with Gasteiger partial charge >= 0.3 is 0 Å². The van der Waals surface area contributed by atoms with Crippen molar-refractivity contribution in [1.82, 2.24) is 9.78 Å². The molecule has 2 N–H and O–H groups in total. The van der Waals surface area contributed by atoms with Crippen molar-refractivity contribution in [3.05, 3.63) is 23.6 Å². The van der Waals surface area contributed by atoms with Crippen molar-refractivity contribution < 1.29 is 9.90 Å². The Morgan fingerprint density at radius 2 is 2.42 bits per heavy atom. The minimum Gasteiger partial charge on any atom is -0.394 e. The lowest BCUT2D eigenvalue weighted by molar-refractivity contribution is -0.116. The van der Waals surface area contributed by atoms with Gasteiger partial charge < -0.3 is 10.4 Å². The fraction of sp³-hybridized carbons (Fsp3) is 0.385. The van der Waals surface area contributed by atoms with Crippen molar-refractivity contribution >= 4 is 23.1 Å². The summed E-state index contributed by atoms with van der Waals surface area (Å²) >= 11 is 1.59. The maximum Gasteiger partial charge on any atom is 0.225 e. The van der Waals surface area contributed by atoms with E-state index in [0.717, 1.165) is 17.0 Å². The monoisotopic (exact) mass is 279 g/mol. The summed E-state index contributed by atoms with van der Waals surface area (Å²) in [6.07, 6.45) is 1.29. The largest absolute Gasteiger partial charge is 0.394 e. The summed E-state index contributed by atoms with van der Waals surface area (Å²) in [6.45, 7) is 2.32. The normalized spacial score (nSPS) is 10.6. The molecule has 0 aliphatic carbocycles. The third-order valence-corrected chi connectivity index (χ3v) is 3.50. The fourth-order valence-corrected chi connectivity index (χ4v) is 2.44. The van der Waals surface area contributed by atoms with E-state index in [2.05, 4.69) is 10.4 Å². The molecule has 0 fully saturated rings. The van der Waals surface area contributed by atoms with Crippen molar-refractivity contribution in [2.75, 3.05) is 11.9 Å². The number of rotatable bonds is 6. The van der Waals surface area contributed by atoms with Crippen LogP contribution in [0.15, 0.2) is 23.6 Å². The second-order valence-corrected chi connectivity index (χ2v) is 5.08. The number of nitrogens with one attached hydrogen (secondary N) is 1. The number of aliphatic hydroxyl groups is 1. The molecule has 19 heavy (non-hydrogen) atoms. The van der Waals surface area contributed by atoms with Crippen molar-refractivity contribution in [2.24, 2.45) is 0 Å². The first-order valence-electron chi connectivity index (χ1n) is 6.27. The molecule has 2 heterocycles. The lowest BCUT2D eigenvalue weighted by Gasteiger charge is -2.06. The number of carbonyl (C=O) groups excluding carboxylic acids is 1. The number of carbonyl (C=O) groups is 1. The molecule has 1 amide bonds. The zero-order chi connectivity index (χ0) is 13.7. The predicted octanol–water partition coefficient (Wildman–Crippen LogP) is 2.34. The third kappa shape index (κ3) is 3.42. The number of nitrogens with zero attached hydrogens (tertiary/aromatic N) is 2. The number of aliphatic hydroxyl groups excluding tert-OH is 1. The maximum absolute atomic E-state index is 11.7. The molecule has 0 saturated carbocycles. The summed E-state index contributed by atoms with van der Waals surface area (Å²) < 4.78 is 1.63. The number of anilines is 1. The first-order valence-corrected chi connectivity index (χ1v) is 7.15. The molecular weight excluding hydrogens is 262 g/mol. The van der Waals surface area contributed by atoms with Crippen LogP contribution in [-0.4, -0.2) is 27.4 Å². The Bertz CT molecular complexity index is 534. The standard InChI is InChI=1S/C13H17N3O2S/c1-2-4-13(18)14-12-9-10(11-5-3-8-19-11)15-16(12)6-7-17/h3,5,8-9,17H,2,4,6-7H2,1H3,(H,14,18). The van der Waals surface area contributed by atoms with Gasteiger partial charge in [-0.25, -0.2) is 4.68 Å². The van der Waals surface area contributed by atoms with E-state index >= 15 is 0 Å². The Kier molecular flexibility index (Phi) is 4.70. The molecule has 5 nitrogen and oxygen atoms in total. The number of thiophene rings is 1. The van der Waals surface area contributed by atoms with Gasteiger partial charge in [0.1, 0.15) is 11.5 Å². The Morgan fingerprint density at radius 1 is 1.58 bits per heavy atom. The van der Waals surface area contributed by atoms with Crippen LogP contribution in [0.2, 0.25) is 0 Å². The molecule has 2 rings (SSSR count). The molecule has 2 aromatic heterocycles. The molecule has 102 valence electrons.